The standard InChI is InChI=1S/C23H28O13/c1-31-12-6-9(2-3-11(12)26)20(30)34-18-10-4-5-32-21(14(10)23(8-25)19(18)36-23)35-22-17(29)16(28)15(27)13(7-24)33-22/h2-6,10,13-19,21-22,24-29H,7-8H2,1H3/t10-,13+,14-,15+,16-,17+,18+,19-,21+,22-,23+/m1/s1. The molecular formula is C23H28O13. The smallest absolute Gasteiger partial charge is 0.338 e. The minimum atomic E-state index is -1.66. The molecule has 0 bridgehead atoms. The second-order valence-corrected chi connectivity index (χ2v) is 9.18. The van der Waals surface area contributed by atoms with Gasteiger partial charge in [-0.3, -0.25) is 0 Å². The Bertz CT molecular complexity index is 1010. The van der Waals surface area contributed by atoms with Gasteiger partial charge >= 0.3 is 5.97 Å². The van der Waals surface area contributed by atoms with Crippen LogP contribution in [0.25, 0.3) is 0 Å². The second kappa shape index (κ2) is 9.43. The van der Waals surface area contributed by atoms with Gasteiger partial charge in [0.25, 0.3) is 0 Å². The van der Waals surface area contributed by atoms with Gasteiger partial charge in [-0.2, -0.15) is 0 Å². The zero-order valence-electron chi connectivity index (χ0n) is 19.1. The molecule has 1 aromatic rings. The summed E-state index contributed by atoms with van der Waals surface area (Å²) in [6, 6.07) is 4.02. The molecule has 13 nitrogen and oxygen atoms in total. The average Bonchev–Trinajstić information content (AvgIpc) is 3.56. The minimum Gasteiger partial charge on any atom is -0.504 e. The number of phenolic OH excluding ortho intramolecular Hbond substituents is 1. The number of benzene rings is 1. The number of hydrogen-bond donors (Lipinski definition) is 6. The van der Waals surface area contributed by atoms with Crippen molar-refractivity contribution in [1.29, 1.82) is 0 Å². The molecule has 11 atom stereocenters. The van der Waals surface area contributed by atoms with Crippen LogP contribution in [0, 0.1) is 11.8 Å². The number of carbonyl (C=O) groups is 1. The zero-order valence-corrected chi connectivity index (χ0v) is 19.1. The summed E-state index contributed by atoms with van der Waals surface area (Å²) in [7, 11) is 1.35. The number of aromatic hydroxyl groups is 1. The van der Waals surface area contributed by atoms with Crippen molar-refractivity contribution in [3.05, 3.63) is 36.1 Å². The van der Waals surface area contributed by atoms with Crippen molar-refractivity contribution in [2.75, 3.05) is 20.3 Å². The number of carbonyl (C=O) groups excluding carboxylic acids is 1. The largest absolute Gasteiger partial charge is 0.504 e. The minimum absolute atomic E-state index is 0.0973. The summed E-state index contributed by atoms with van der Waals surface area (Å²) in [5, 5.41) is 59.8. The van der Waals surface area contributed by atoms with Crippen LogP contribution in [0.5, 0.6) is 11.5 Å². The predicted molar refractivity (Wildman–Crippen MR) is 114 cm³/mol. The first-order chi connectivity index (χ1) is 17.2. The first kappa shape index (κ1) is 25.2. The molecule has 0 aromatic heterocycles. The number of aliphatic hydroxyl groups excluding tert-OH is 5. The molecule has 13 heteroatoms. The van der Waals surface area contributed by atoms with E-state index >= 15 is 0 Å². The van der Waals surface area contributed by atoms with E-state index in [-0.39, 0.29) is 17.1 Å². The number of fused-ring (bicyclic) bond motifs is 3. The first-order valence-corrected chi connectivity index (χ1v) is 11.4. The molecule has 0 radical (unpaired) electrons. The Morgan fingerprint density at radius 1 is 1.11 bits per heavy atom. The van der Waals surface area contributed by atoms with Crippen molar-refractivity contribution >= 4 is 5.97 Å². The Morgan fingerprint density at radius 3 is 2.58 bits per heavy atom. The Balaban J connectivity index is 1.35. The van der Waals surface area contributed by atoms with Gasteiger partial charge in [-0.25, -0.2) is 4.79 Å². The number of ether oxygens (including phenoxy) is 6. The maximum atomic E-state index is 12.9. The highest BCUT2D eigenvalue weighted by molar-refractivity contribution is 5.90. The Hall–Kier alpha value is -2.49. The molecule has 6 N–H and O–H groups in total. The number of rotatable bonds is 7. The Labute approximate surface area is 205 Å². The summed E-state index contributed by atoms with van der Waals surface area (Å²) in [6.45, 7) is -1.07. The number of methoxy groups -OCH3 is 1. The van der Waals surface area contributed by atoms with Crippen LogP contribution in [0.3, 0.4) is 0 Å². The van der Waals surface area contributed by atoms with E-state index in [1.165, 1.54) is 31.6 Å². The van der Waals surface area contributed by atoms with E-state index in [4.69, 9.17) is 28.4 Å². The summed E-state index contributed by atoms with van der Waals surface area (Å²) < 4.78 is 33.4. The summed E-state index contributed by atoms with van der Waals surface area (Å²) in [5.74, 6) is -1.95. The summed E-state index contributed by atoms with van der Waals surface area (Å²) in [6.07, 6.45) is -7.19. The van der Waals surface area contributed by atoms with Gasteiger partial charge in [0.15, 0.2) is 17.8 Å². The highest BCUT2D eigenvalue weighted by atomic mass is 16.8. The number of epoxide rings is 1. The summed E-state index contributed by atoms with van der Waals surface area (Å²) in [5.41, 5.74) is -1.03. The molecular weight excluding hydrogens is 484 g/mol. The third kappa shape index (κ3) is 3.92. The van der Waals surface area contributed by atoms with Crippen molar-refractivity contribution in [3.8, 4) is 11.5 Å². The molecule has 3 aliphatic heterocycles. The average molecular weight is 512 g/mol. The SMILES string of the molecule is COc1cc(C(=O)O[C@H]2[C@@H]3C=CO[C@@H](O[C@H]4O[C@@H](CO)[C@H](O)[C@@H](O)[C@@H]4O)[C@@H]3[C@]3(CO)O[C@H]23)ccc1O. The van der Waals surface area contributed by atoms with Gasteiger partial charge in [0.2, 0.25) is 6.29 Å². The van der Waals surface area contributed by atoms with Crippen LogP contribution < -0.4 is 4.74 Å². The Morgan fingerprint density at radius 2 is 1.89 bits per heavy atom. The van der Waals surface area contributed by atoms with Gasteiger partial charge in [-0.05, 0) is 24.3 Å². The van der Waals surface area contributed by atoms with Crippen LogP contribution in [-0.4, -0.2) is 112 Å². The van der Waals surface area contributed by atoms with E-state index < -0.39 is 85.8 Å². The molecule has 0 amide bonds. The topological polar surface area (TPSA) is 197 Å². The Kier molecular flexibility index (Phi) is 6.59. The molecule has 3 fully saturated rings. The number of esters is 1. The highest BCUT2D eigenvalue weighted by Crippen LogP contribution is 2.60. The third-order valence-electron chi connectivity index (χ3n) is 7.26. The van der Waals surface area contributed by atoms with E-state index in [9.17, 15) is 35.4 Å². The van der Waals surface area contributed by atoms with Crippen LogP contribution in [0.2, 0.25) is 0 Å². The number of phenols is 1. The van der Waals surface area contributed by atoms with Crippen molar-refractivity contribution in [2.45, 2.75) is 54.8 Å². The van der Waals surface area contributed by atoms with Gasteiger partial charge < -0.3 is 59.1 Å². The molecule has 5 rings (SSSR count). The lowest BCUT2D eigenvalue weighted by Crippen LogP contribution is -2.60. The van der Waals surface area contributed by atoms with E-state index in [1.807, 2.05) is 0 Å². The molecule has 198 valence electrons. The maximum Gasteiger partial charge on any atom is 0.338 e. The van der Waals surface area contributed by atoms with Gasteiger partial charge in [0.1, 0.15) is 42.2 Å². The fourth-order valence-corrected chi connectivity index (χ4v) is 5.28. The monoisotopic (exact) mass is 512 g/mol. The van der Waals surface area contributed by atoms with Crippen LogP contribution in [0.4, 0.5) is 0 Å². The van der Waals surface area contributed by atoms with E-state index in [0.717, 1.165) is 0 Å². The van der Waals surface area contributed by atoms with Crippen molar-refractivity contribution < 1.29 is 63.9 Å². The second-order valence-electron chi connectivity index (χ2n) is 9.18. The molecule has 0 unspecified atom stereocenters. The van der Waals surface area contributed by atoms with Gasteiger partial charge in [0, 0.05) is 5.92 Å². The fourth-order valence-electron chi connectivity index (χ4n) is 5.28. The van der Waals surface area contributed by atoms with E-state index in [2.05, 4.69) is 0 Å². The van der Waals surface area contributed by atoms with Gasteiger partial charge in [-0.15, -0.1) is 0 Å². The zero-order chi connectivity index (χ0) is 25.8. The lowest BCUT2D eigenvalue weighted by atomic mass is 9.85. The van der Waals surface area contributed by atoms with Crippen LogP contribution >= 0.6 is 0 Å². The molecule has 0 spiro atoms. The lowest BCUT2D eigenvalue weighted by molar-refractivity contribution is -0.344. The molecule has 1 aromatic carbocycles. The number of hydrogen-bond acceptors (Lipinski definition) is 13. The quantitative estimate of drug-likeness (QED) is 0.173. The van der Waals surface area contributed by atoms with Crippen molar-refractivity contribution in [3.63, 3.8) is 0 Å². The lowest BCUT2D eigenvalue weighted by Gasteiger charge is -2.43. The first-order valence-electron chi connectivity index (χ1n) is 11.4. The summed E-state index contributed by atoms with van der Waals surface area (Å²) in [4.78, 5) is 12.9. The normalized spacial score (nSPS) is 42.7. The van der Waals surface area contributed by atoms with Gasteiger partial charge in [0.05, 0.1) is 38.1 Å². The molecule has 4 aliphatic rings. The molecule has 1 saturated carbocycles. The fraction of sp³-hybridized carbons (Fsp3) is 0.609. The molecule has 3 heterocycles. The van der Waals surface area contributed by atoms with Gasteiger partial charge in [-0.1, -0.05) is 0 Å². The van der Waals surface area contributed by atoms with E-state index in [1.54, 1.807) is 6.08 Å². The van der Waals surface area contributed by atoms with E-state index in [0.29, 0.717) is 0 Å². The maximum absolute atomic E-state index is 12.9. The predicted octanol–water partition coefficient (Wildman–Crippen LogP) is -2.01. The van der Waals surface area contributed by atoms with Crippen LogP contribution in [-0.2, 0) is 23.7 Å². The van der Waals surface area contributed by atoms with Crippen molar-refractivity contribution in [2.24, 2.45) is 11.8 Å². The number of aliphatic hydroxyl groups is 5. The van der Waals surface area contributed by atoms with Crippen LogP contribution in [0.15, 0.2) is 30.5 Å². The van der Waals surface area contributed by atoms with Crippen molar-refractivity contribution in [1.82, 2.24) is 0 Å². The molecule has 1 aliphatic carbocycles. The van der Waals surface area contributed by atoms with Crippen LogP contribution in [0.1, 0.15) is 10.4 Å². The summed E-state index contributed by atoms with van der Waals surface area (Å²) >= 11 is 0. The highest BCUT2D eigenvalue weighted by Gasteiger charge is 2.77. The molecule has 2 saturated heterocycles. The molecule has 36 heavy (non-hydrogen) atoms. The third-order valence-corrected chi connectivity index (χ3v) is 7.26.